The Kier molecular flexibility index (Phi) is 10.9. The second-order valence-electron chi connectivity index (χ2n) is 12.8. The van der Waals surface area contributed by atoms with Gasteiger partial charge in [-0.25, -0.2) is 11.0 Å². The number of hydrogen-bond acceptors (Lipinski definition) is 6. The number of hydrogen-bond donors (Lipinski definition) is 4. The van der Waals surface area contributed by atoms with Crippen LogP contribution in [0.15, 0.2) is 0 Å². The van der Waals surface area contributed by atoms with Crippen molar-refractivity contribution in [2.75, 3.05) is 13.1 Å². The Morgan fingerprint density at radius 1 is 0.639 bits per heavy atom. The quantitative estimate of drug-likeness (QED) is 0.333. The first kappa shape index (κ1) is 31.8. The molecule has 10 nitrogen and oxygen atoms in total. The number of hydroxylamine groups is 2. The minimum absolute atomic E-state index is 0.134. The Morgan fingerprint density at radius 2 is 0.917 bits per heavy atom. The topological polar surface area (TPSA) is 135 Å². The third-order valence-corrected chi connectivity index (χ3v) is 5.62. The second-order valence-corrected chi connectivity index (χ2v) is 12.8. The molecule has 208 valence electrons. The first-order valence-corrected chi connectivity index (χ1v) is 12.9. The normalized spacial score (nSPS) is 17.4. The largest absolute Gasteiger partial charge is 0.353 e. The third kappa shape index (κ3) is 10.4. The molecule has 4 amide bonds. The first-order valence-electron chi connectivity index (χ1n) is 12.9. The molecule has 2 fully saturated rings. The average molecular weight is 513 g/mol. The number of carbonyl (C=O) groups is 4. The van der Waals surface area contributed by atoms with Gasteiger partial charge in [0.15, 0.2) is 11.2 Å². The van der Waals surface area contributed by atoms with Gasteiger partial charge in [-0.1, -0.05) is 69.2 Å². The van der Waals surface area contributed by atoms with Gasteiger partial charge in [0.2, 0.25) is 11.8 Å². The van der Waals surface area contributed by atoms with E-state index < -0.39 is 22.0 Å². The van der Waals surface area contributed by atoms with Crippen molar-refractivity contribution in [2.45, 2.75) is 106 Å². The fourth-order valence-electron chi connectivity index (χ4n) is 2.49. The molecule has 0 aliphatic heterocycles. The molecular formula is C26H48N4O6. The lowest BCUT2D eigenvalue weighted by atomic mass is 9.96. The van der Waals surface area contributed by atoms with E-state index >= 15 is 0 Å². The Labute approximate surface area is 216 Å². The van der Waals surface area contributed by atoms with Crippen LogP contribution in [0.4, 0.5) is 0 Å². The predicted molar refractivity (Wildman–Crippen MR) is 137 cm³/mol. The van der Waals surface area contributed by atoms with E-state index in [4.69, 9.17) is 9.68 Å². The third-order valence-electron chi connectivity index (χ3n) is 5.62. The number of rotatable bonds is 10. The molecule has 2 saturated carbocycles. The van der Waals surface area contributed by atoms with Crippen LogP contribution in [0.25, 0.3) is 0 Å². The number of carbonyl (C=O) groups excluding carboxylic acids is 4. The van der Waals surface area contributed by atoms with E-state index in [0.717, 1.165) is 0 Å². The maximum absolute atomic E-state index is 11.9. The summed E-state index contributed by atoms with van der Waals surface area (Å²) in [5, 5.41) is 5.66. The number of amides is 4. The minimum atomic E-state index is -0.837. The molecule has 0 radical (unpaired) electrons. The van der Waals surface area contributed by atoms with Gasteiger partial charge in [0.05, 0.1) is 0 Å². The summed E-state index contributed by atoms with van der Waals surface area (Å²) in [6.07, 6.45) is 2.62. The van der Waals surface area contributed by atoms with Crippen LogP contribution in [-0.2, 0) is 28.9 Å². The van der Waals surface area contributed by atoms with E-state index in [1.165, 1.54) is 0 Å². The molecule has 0 spiro atoms. The molecule has 0 atom stereocenters. The minimum Gasteiger partial charge on any atom is -0.353 e. The van der Waals surface area contributed by atoms with Crippen molar-refractivity contribution < 1.29 is 28.9 Å². The van der Waals surface area contributed by atoms with E-state index in [9.17, 15) is 19.2 Å². The SMILES string of the molecule is CC(C)CNC(=O)C1(ONC(=O)C(C)(C)C)CC1.CC(C)CNC(=O)C1(ONC(=O)C(C)(C)C)CC1. The van der Waals surface area contributed by atoms with Crippen LogP contribution >= 0.6 is 0 Å². The van der Waals surface area contributed by atoms with Crippen LogP contribution < -0.4 is 21.6 Å². The summed E-state index contributed by atoms with van der Waals surface area (Å²) < 4.78 is 0. The van der Waals surface area contributed by atoms with Gasteiger partial charge in [0, 0.05) is 23.9 Å². The highest BCUT2D eigenvalue weighted by molar-refractivity contribution is 5.89. The van der Waals surface area contributed by atoms with Crippen molar-refractivity contribution in [3.05, 3.63) is 0 Å². The summed E-state index contributed by atoms with van der Waals surface area (Å²) in [6.45, 7) is 20.1. The van der Waals surface area contributed by atoms with Gasteiger partial charge in [-0.15, -0.1) is 0 Å². The van der Waals surface area contributed by atoms with Crippen LogP contribution in [0.1, 0.15) is 94.9 Å². The van der Waals surface area contributed by atoms with E-state index in [2.05, 4.69) is 21.6 Å². The smallest absolute Gasteiger partial charge is 0.255 e. The fourth-order valence-corrected chi connectivity index (χ4v) is 2.49. The van der Waals surface area contributed by atoms with Crippen molar-refractivity contribution in [3.8, 4) is 0 Å². The molecule has 2 rings (SSSR count). The van der Waals surface area contributed by atoms with E-state index in [0.29, 0.717) is 50.6 Å². The van der Waals surface area contributed by atoms with Gasteiger partial charge >= 0.3 is 0 Å². The molecule has 0 aromatic carbocycles. The van der Waals surface area contributed by atoms with Crippen molar-refractivity contribution >= 4 is 23.6 Å². The Bertz CT molecular complexity index is 721. The molecule has 0 aromatic rings. The number of nitrogens with one attached hydrogen (secondary N) is 4. The molecule has 4 N–H and O–H groups in total. The molecule has 0 unspecified atom stereocenters. The zero-order valence-electron chi connectivity index (χ0n) is 23.8. The molecule has 2 aliphatic carbocycles. The summed E-state index contributed by atoms with van der Waals surface area (Å²) in [4.78, 5) is 57.8. The van der Waals surface area contributed by atoms with E-state index in [-0.39, 0.29) is 23.6 Å². The average Bonchev–Trinajstić information content (AvgIpc) is 3.67. The van der Waals surface area contributed by atoms with Gasteiger partial charge < -0.3 is 10.6 Å². The molecule has 10 heteroatoms. The highest BCUT2D eigenvalue weighted by atomic mass is 16.7. The summed E-state index contributed by atoms with van der Waals surface area (Å²) in [6, 6.07) is 0. The maximum atomic E-state index is 11.9. The summed E-state index contributed by atoms with van der Waals surface area (Å²) >= 11 is 0. The summed E-state index contributed by atoms with van der Waals surface area (Å²) in [7, 11) is 0. The van der Waals surface area contributed by atoms with Crippen LogP contribution in [0.5, 0.6) is 0 Å². The molecule has 0 heterocycles. The highest BCUT2D eigenvalue weighted by Gasteiger charge is 2.54. The van der Waals surface area contributed by atoms with Gasteiger partial charge in [0.1, 0.15) is 0 Å². The molecule has 36 heavy (non-hydrogen) atoms. The van der Waals surface area contributed by atoms with Crippen molar-refractivity contribution in [1.82, 2.24) is 21.6 Å². The van der Waals surface area contributed by atoms with Crippen LogP contribution in [-0.4, -0.2) is 47.9 Å². The molecule has 0 aromatic heterocycles. The maximum Gasteiger partial charge on any atom is 0.255 e. The molecule has 2 aliphatic rings. The monoisotopic (exact) mass is 512 g/mol. The lowest BCUT2D eigenvalue weighted by Gasteiger charge is -2.21. The Balaban J connectivity index is 0.000000360. The van der Waals surface area contributed by atoms with Gasteiger partial charge in [-0.3, -0.25) is 28.9 Å². The Morgan fingerprint density at radius 3 is 1.11 bits per heavy atom. The summed E-state index contributed by atoms with van der Waals surface area (Å²) in [5.41, 5.74) is 2.07. The zero-order chi connectivity index (χ0) is 27.9. The Hall–Kier alpha value is -2.20. The van der Waals surface area contributed by atoms with E-state index in [1.807, 2.05) is 27.7 Å². The van der Waals surface area contributed by atoms with Crippen molar-refractivity contribution in [3.63, 3.8) is 0 Å². The van der Waals surface area contributed by atoms with Crippen LogP contribution in [0.2, 0.25) is 0 Å². The molecular weight excluding hydrogens is 464 g/mol. The van der Waals surface area contributed by atoms with Gasteiger partial charge in [-0.05, 0) is 37.5 Å². The predicted octanol–water partition coefficient (Wildman–Crippen LogP) is 2.77. The van der Waals surface area contributed by atoms with E-state index in [1.54, 1.807) is 41.5 Å². The fraction of sp³-hybridized carbons (Fsp3) is 0.846. The van der Waals surface area contributed by atoms with Gasteiger partial charge in [0.25, 0.3) is 11.8 Å². The highest BCUT2D eigenvalue weighted by Crippen LogP contribution is 2.40. The second kappa shape index (κ2) is 12.4. The lowest BCUT2D eigenvalue weighted by Crippen LogP contribution is -2.46. The van der Waals surface area contributed by atoms with Crippen molar-refractivity contribution in [1.29, 1.82) is 0 Å². The van der Waals surface area contributed by atoms with Crippen molar-refractivity contribution in [2.24, 2.45) is 22.7 Å². The zero-order valence-corrected chi connectivity index (χ0v) is 23.8. The van der Waals surface area contributed by atoms with Crippen LogP contribution in [0, 0.1) is 22.7 Å². The summed E-state index contributed by atoms with van der Waals surface area (Å²) in [5.74, 6) is 0.0921. The van der Waals surface area contributed by atoms with Gasteiger partial charge in [-0.2, -0.15) is 0 Å². The van der Waals surface area contributed by atoms with Crippen LogP contribution in [0.3, 0.4) is 0 Å². The molecule has 0 bridgehead atoms. The standard InChI is InChI=1S/2C13H24N2O3/c2*1-9(2)8-14-11(17)13(6-7-13)18-15-10(16)12(3,4)5/h2*9H,6-8H2,1-5H3,(H,14,17)(H,15,16). The molecule has 0 saturated heterocycles. The first-order chi connectivity index (χ1) is 16.3. The lowest BCUT2D eigenvalue weighted by molar-refractivity contribution is -0.158.